The Balaban J connectivity index is 2.55. The number of furan rings is 1. The van der Waals surface area contributed by atoms with Crippen molar-refractivity contribution in [3.8, 4) is 11.5 Å². The van der Waals surface area contributed by atoms with Crippen LogP contribution in [0.1, 0.15) is 53.3 Å². The quantitative estimate of drug-likeness (QED) is 0.335. The van der Waals surface area contributed by atoms with Crippen molar-refractivity contribution in [2.24, 2.45) is 11.3 Å². The first-order valence-electron chi connectivity index (χ1n) is 11.1. The van der Waals surface area contributed by atoms with Crippen LogP contribution in [0.25, 0.3) is 11.5 Å². The van der Waals surface area contributed by atoms with Crippen molar-refractivity contribution in [2.45, 2.75) is 60.4 Å². The second-order valence-electron chi connectivity index (χ2n) is 9.79. The van der Waals surface area contributed by atoms with Crippen molar-refractivity contribution in [3.63, 3.8) is 0 Å². The van der Waals surface area contributed by atoms with E-state index in [0.29, 0.717) is 22.5 Å². The highest BCUT2D eigenvalue weighted by Gasteiger charge is 2.45. The molecule has 0 fully saturated rings. The van der Waals surface area contributed by atoms with Crippen LogP contribution >= 0.6 is 18.6 Å². The van der Waals surface area contributed by atoms with E-state index in [4.69, 9.17) is 19.6 Å². The molecule has 1 unspecified atom stereocenters. The number of anilines is 1. The molecule has 0 bridgehead atoms. The summed E-state index contributed by atoms with van der Waals surface area (Å²) in [6.07, 6.45) is 0.631. The lowest BCUT2D eigenvalue weighted by molar-refractivity contribution is -0.152. The van der Waals surface area contributed by atoms with E-state index in [9.17, 15) is 14.2 Å². The Morgan fingerprint density at radius 2 is 1.88 bits per heavy atom. The Kier molecular flexibility index (Phi) is 8.77. The molecule has 0 saturated carbocycles. The van der Waals surface area contributed by atoms with E-state index in [2.05, 4.69) is 23.9 Å². The molecule has 190 valence electrons. The fourth-order valence-corrected chi connectivity index (χ4v) is 7.79. The van der Waals surface area contributed by atoms with Crippen molar-refractivity contribution in [3.05, 3.63) is 17.0 Å². The number of carbonyl (C=O) groups excluding carboxylic acids is 2. The SMILES string of the molecule is CCOC(=O)C(C)(C)CP(=O)(NC(C)(C)C(=O)OC)c1ccc(-c2nc(N)sc2CC(C)C)o1. The van der Waals surface area contributed by atoms with Gasteiger partial charge in [0.05, 0.1) is 19.1 Å². The number of nitrogen functional groups attached to an aromatic ring is 1. The van der Waals surface area contributed by atoms with E-state index in [1.54, 1.807) is 46.8 Å². The molecular weight excluding hydrogens is 477 g/mol. The summed E-state index contributed by atoms with van der Waals surface area (Å²) < 4.78 is 30.6. The van der Waals surface area contributed by atoms with Gasteiger partial charge in [-0.1, -0.05) is 13.8 Å². The highest BCUT2D eigenvalue weighted by atomic mass is 32.1. The van der Waals surface area contributed by atoms with Crippen LogP contribution in [0.15, 0.2) is 16.5 Å². The third kappa shape index (κ3) is 6.49. The summed E-state index contributed by atoms with van der Waals surface area (Å²) in [5.74, 6) is -0.288. The third-order valence-electron chi connectivity index (χ3n) is 5.09. The predicted octanol–water partition coefficient (Wildman–Crippen LogP) is 4.22. The smallest absolute Gasteiger partial charge is 0.325 e. The highest BCUT2D eigenvalue weighted by molar-refractivity contribution is 7.69. The van der Waals surface area contributed by atoms with Gasteiger partial charge >= 0.3 is 11.9 Å². The minimum atomic E-state index is -3.67. The Morgan fingerprint density at radius 1 is 1.24 bits per heavy atom. The standard InChI is InChI=1S/C23H36N3O6PS/c1-9-31-19(27)22(4,5)13-33(29,26-23(6,7)20(28)30-8)17-11-10-15(32-17)18-16(12-14(2)3)34-21(24)25-18/h10-11,14H,9,12-13H2,1-8H3,(H2,24,25)(H,26,29). The second kappa shape index (κ2) is 10.6. The Morgan fingerprint density at radius 3 is 2.44 bits per heavy atom. The van der Waals surface area contributed by atoms with Gasteiger partial charge < -0.3 is 19.6 Å². The molecule has 0 spiro atoms. The molecule has 0 aliphatic carbocycles. The molecule has 0 aliphatic rings. The highest BCUT2D eigenvalue weighted by Crippen LogP contribution is 2.49. The van der Waals surface area contributed by atoms with Gasteiger partial charge in [-0.2, -0.15) is 0 Å². The van der Waals surface area contributed by atoms with Crippen molar-refractivity contribution in [2.75, 3.05) is 25.6 Å². The lowest BCUT2D eigenvalue weighted by Gasteiger charge is -2.32. The van der Waals surface area contributed by atoms with Gasteiger partial charge in [0.15, 0.2) is 16.4 Å². The molecule has 0 aliphatic heterocycles. The summed E-state index contributed by atoms with van der Waals surface area (Å²) in [4.78, 5) is 30.3. The first kappa shape index (κ1) is 28.1. The maximum absolute atomic E-state index is 14.4. The van der Waals surface area contributed by atoms with Crippen LogP contribution < -0.4 is 16.3 Å². The zero-order valence-electron chi connectivity index (χ0n) is 21.2. The molecule has 0 saturated heterocycles. The summed E-state index contributed by atoms with van der Waals surface area (Å²) >= 11 is 1.39. The largest absolute Gasteiger partial charge is 0.468 e. The van der Waals surface area contributed by atoms with E-state index in [0.717, 1.165) is 11.3 Å². The monoisotopic (exact) mass is 513 g/mol. The molecule has 2 aromatic heterocycles. The molecule has 0 aromatic carbocycles. The number of methoxy groups -OCH3 is 1. The molecule has 9 nitrogen and oxygen atoms in total. The number of aromatic nitrogens is 1. The molecule has 11 heteroatoms. The van der Waals surface area contributed by atoms with E-state index < -0.39 is 30.2 Å². The van der Waals surface area contributed by atoms with Gasteiger partial charge in [-0.15, -0.1) is 11.3 Å². The number of hydrogen-bond acceptors (Lipinski definition) is 9. The van der Waals surface area contributed by atoms with Gasteiger partial charge in [0, 0.05) is 11.0 Å². The number of nitrogens with two attached hydrogens (primary N) is 1. The zero-order chi connectivity index (χ0) is 25.9. The fraction of sp³-hybridized carbons (Fsp3) is 0.609. The number of rotatable bonds is 11. The van der Waals surface area contributed by atoms with Gasteiger partial charge in [0.2, 0.25) is 7.29 Å². The second-order valence-corrected chi connectivity index (χ2v) is 13.4. The molecule has 34 heavy (non-hydrogen) atoms. The number of nitrogens with zero attached hydrogens (tertiary/aromatic N) is 1. The lowest BCUT2D eigenvalue weighted by Crippen LogP contribution is -2.49. The average molecular weight is 514 g/mol. The Hall–Kier alpha value is -2.16. The van der Waals surface area contributed by atoms with Crippen LogP contribution in [0, 0.1) is 11.3 Å². The van der Waals surface area contributed by atoms with Gasteiger partial charge in [0.25, 0.3) is 0 Å². The first-order chi connectivity index (χ1) is 15.6. The van der Waals surface area contributed by atoms with E-state index in [1.807, 2.05) is 0 Å². The predicted molar refractivity (Wildman–Crippen MR) is 135 cm³/mol. The van der Waals surface area contributed by atoms with Crippen LogP contribution in [-0.2, 0) is 30.0 Å². The van der Waals surface area contributed by atoms with Gasteiger partial charge in [-0.3, -0.25) is 14.2 Å². The number of nitrogens with one attached hydrogen (secondary N) is 1. The van der Waals surface area contributed by atoms with Gasteiger partial charge in [-0.25, -0.2) is 10.1 Å². The van der Waals surface area contributed by atoms with Crippen molar-refractivity contribution < 1.29 is 28.0 Å². The lowest BCUT2D eigenvalue weighted by atomic mass is 9.97. The van der Waals surface area contributed by atoms with Crippen LogP contribution in [0.3, 0.4) is 0 Å². The minimum Gasteiger partial charge on any atom is -0.468 e. The van der Waals surface area contributed by atoms with E-state index >= 15 is 0 Å². The first-order valence-corrected chi connectivity index (χ1v) is 13.9. The third-order valence-corrected chi connectivity index (χ3v) is 9.11. The van der Waals surface area contributed by atoms with Gasteiger partial charge in [0.1, 0.15) is 11.2 Å². The Labute approximate surface area is 205 Å². The maximum atomic E-state index is 14.4. The van der Waals surface area contributed by atoms with Crippen LogP contribution in [0.5, 0.6) is 0 Å². The molecule has 1 atom stereocenters. The van der Waals surface area contributed by atoms with Crippen molar-refractivity contribution in [1.82, 2.24) is 10.1 Å². The van der Waals surface area contributed by atoms with Crippen molar-refractivity contribution in [1.29, 1.82) is 0 Å². The van der Waals surface area contributed by atoms with Crippen molar-refractivity contribution >= 4 is 41.2 Å². The van der Waals surface area contributed by atoms with Crippen LogP contribution in [-0.4, -0.2) is 42.3 Å². The molecule has 2 rings (SSSR count). The number of thiazole rings is 1. The fourth-order valence-electron chi connectivity index (χ4n) is 3.59. The molecule has 2 aromatic rings. The zero-order valence-corrected chi connectivity index (χ0v) is 22.9. The topological polar surface area (TPSA) is 134 Å². The van der Waals surface area contributed by atoms with E-state index in [1.165, 1.54) is 18.4 Å². The molecule has 3 N–H and O–H groups in total. The Bertz CT molecular complexity index is 1070. The molecule has 0 amide bonds. The normalized spacial score (nSPS) is 14.1. The molecular formula is C23H36N3O6PS. The summed E-state index contributed by atoms with van der Waals surface area (Å²) in [5, 5.41) is 3.36. The summed E-state index contributed by atoms with van der Waals surface area (Å²) in [5.41, 5.74) is 4.26. The number of carbonyl (C=O) groups is 2. The average Bonchev–Trinajstić information content (AvgIpc) is 3.33. The van der Waals surface area contributed by atoms with E-state index in [-0.39, 0.29) is 18.3 Å². The van der Waals surface area contributed by atoms with Crippen LogP contribution in [0.2, 0.25) is 0 Å². The summed E-state index contributed by atoms with van der Waals surface area (Å²) in [6.45, 7) is 12.5. The maximum Gasteiger partial charge on any atom is 0.325 e. The number of esters is 2. The molecule has 0 radical (unpaired) electrons. The van der Waals surface area contributed by atoms with Crippen LogP contribution in [0.4, 0.5) is 5.13 Å². The summed E-state index contributed by atoms with van der Waals surface area (Å²) in [7, 11) is -2.41. The summed E-state index contributed by atoms with van der Waals surface area (Å²) in [6, 6.07) is 3.27. The number of ether oxygens (including phenoxy) is 2. The number of hydrogen-bond donors (Lipinski definition) is 2. The molecule has 2 heterocycles. The minimum absolute atomic E-state index is 0.124. The van der Waals surface area contributed by atoms with Gasteiger partial charge in [-0.05, 0) is 59.1 Å².